The average molecular weight is 1380 g/mol. The number of aliphatic hydroxyl groups excluding tert-OH is 2. The summed E-state index contributed by atoms with van der Waals surface area (Å²) >= 11 is 0. The first-order valence-corrected chi connectivity index (χ1v) is 35.0. The number of alkyl carbamates (subject to hydrolysis) is 1. The molecule has 28 nitrogen and oxygen atoms in total. The Morgan fingerprint density at radius 2 is 1.50 bits per heavy atom. The second-order valence-electron chi connectivity index (χ2n) is 28.1. The normalized spacial score (nSPS) is 33.3. The fourth-order valence-corrected chi connectivity index (χ4v) is 15.3. The number of nitrogens with zero attached hydrogens (tertiary/aromatic N) is 1. The molecule has 8 amide bonds. The minimum atomic E-state index is -1.11. The van der Waals surface area contributed by atoms with Crippen LogP contribution in [0.3, 0.4) is 0 Å². The molecule has 0 aliphatic carbocycles. The zero-order valence-electron chi connectivity index (χ0n) is 56.8. The van der Waals surface area contributed by atoms with Crippen molar-refractivity contribution < 1.29 is 101 Å². The molecule has 8 saturated heterocycles. The van der Waals surface area contributed by atoms with E-state index in [2.05, 4.69) is 46.7 Å². The Morgan fingerprint density at radius 1 is 0.765 bits per heavy atom. The van der Waals surface area contributed by atoms with Crippen LogP contribution in [0, 0.1) is 17.8 Å². The summed E-state index contributed by atoms with van der Waals surface area (Å²) in [5.41, 5.74) is 8.16. The Hall–Kier alpha value is -6.28. The van der Waals surface area contributed by atoms with Gasteiger partial charge in [0.15, 0.2) is 5.79 Å². The van der Waals surface area contributed by atoms with Crippen LogP contribution >= 0.6 is 0 Å². The molecule has 0 saturated carbocycles. The monoisotopic (exact) mass is 1380 g/mol. The number of carbonyl (C=O) groups is 8. The fourth-order valence-electron chi connectivity index (χ4n) is 15.3. The summed E-state index contributed by atoms with van der Waals surface area (Å²) in [6, 6.07) is 3.57. The Bertz CT molecular complexity index is 3010. The predicted octanol–water partition coefficient (Wildman–Crippen LogP) is 3.75. The number of ketones is 1. The molecule has 542 valence electrons. The zero-order valence-corrected chi connectivity index (χ0v) is 56.8. The van der Waals surface area contributed by atoms with Gasteiger partial charge in [-0.3, -0.25) is 33.7 Å². The highest BCUT2D eigenvalue weighted by molar-refractivity contribution is 6.12. The van der Waals surface area contributed by atoms with Gasteiger partial charge in [0.25, 0.3) is 11.8 Å². The number of imide groups is 1. The Balaban J connectivity index is 0.704. The third-order valence-electron chi connectivity index (χ3n) is 20.5. The van der Waals surface area contributed by atoms with E-state index in [9.17, 15) is 48.6 Å². The molecule has 8 fully saturated rings. The van der Waals surface area contributed by atoms with Gasteiger partial charge in [0.1, 0.15) is 36.7 Å². The van der Waals surface area contributed by atoms with Gasteiger partial charge in [-0.2, -0.15) is 0 Å². The van der Waals surface area contributed by atoms with Crippen LogP contribution in [-0.2, 0) is 87.5 Å². The molecule has 6 unspecified atom stereocenters. The zero-order chi connectivity index (χ0) is 69.8. The number of amides is 8. The molecule has 10 rings (SSSR count). The molecule has 20 atom stereocenters. The van der Waals surface area contributed by atoms with Crippen molar-refractivity contribution in [2.24, 2.45) is 23.5 Å². The van der Waals surface area contributed by atoms with Gasteiger partial charge in [0, 0.05) is 95.3 Å². The first-order valence-electron chi connectivity index (χ1n) is 35.0. The van der Waals surface area contributed by atoms with Gasteiger partial charge in [-0.05, 0) is 98.5 Å². The number of rotatable bonds is 26. The quantitative estimate of drug-likeness (QED) is 0.0372. The average Bonchev–Trinajstić information content (AvgIpc) is 1.57. The lowest BCUT2D eigenvalue weighted by molar-refractivity contribution is -0.277. The number of anilines is 1. The lowest BCUT2D eigenvalue weighted by Crippen LogP contribution is -2.58. The molecule has 1 spiro atoms. The van der Waals surface area contributed by atoms with Gasteiger partial charge in [-0.1, -0.05) is 46.1 Å². The van der Waals surface area contributed by atoms with Crippen molar-refractivity contribution in [1.82, 2.24) is 26.2 Å². The van der Waals surface area contributed by atoms with Crippen molar-refractivity contribution in [2.75, 3.05) is 58.5 Å². The summed E-state index contributed by atoms with van der Waals surface area (Å²) in [6.45, 7) is 14.9. The van der Waals surface area contributed by atoms with Crippen LogP contribution in [0.25, 0.3) is 0 Å². The number of ether oxygens (including phenoxy) is 11. The van der Waals surface area contributed by atoms with E-state index in [1.807, 2.05) is 0 Å². The number of hydrogen-bond donors (Lipinski definition) is 8. The van der Waals surface area contributed by atoms with Gasteiger partial charge < -0.3 is 94.6 Å². The number of carbonyl (C=O) groups excluding carboxylic acids is 8. The lowest BCUT2D eigenvalue weighted by atomic mass is 9.81. The predicted molar refractivity (Wildman–Crippen MR) is 350 cm³/mol. The molecule has 9 heterocycles. The highest BCUT2D eigenvalue weighted by atomic mass is 16.7. The number of fused-ring (bicyclic) bond motifs is 9. The molecule has 10 bridgehead atoms. The van der Waals surface area contributed by atoms with Gasteiger partial charge in [0.2, 0.25) is 17.7 Å². The van der Waals surface area contributed by atoms with Gasteiger partial charge in [-0.25, -0.2) is 9.59 Å². The van der Waals surface area contributed by atoms with Crippen molar-refractivity contribution in [1.29, 1.82) is 0 Å². The van der Waals surface area contributed by atoms with Crippen LogP contribution in [-0.4, -0.2) is 225 Å². The third-order valence-corrected chi connectivity index (χ3v) is 20.5. The summed E-state index contributed by atoms with van der Waals surface area (Å²) in [7, 11) is 1.57. The van der Waals surface area contributed by atoms with Crippen LogP contribution in [0.1, 0.15) is 135 Å². The summed E-state index contributed by atoms with van der Waals surface area (Å²) in [6.07, 6.45) is 2.13. The SMILES string of the molecule is C=C1C[C@@H]2CC[C@]34C[C@@H](O)[C@H](O3)[C@H]3C[C@@H](O4)[C@H]4OC(CC[C@@H]4O3)CC(=O)C[C@H]3[C@H](CC4OC(CCC1O2)C[C@@H](C)C4=C)OC(C[C@H](O)CNC(=O)OCc1ccc(NC(=O)C(CCCNC(N)=O)NC(=O)[C@@H](NC(=O)CCOCCOCCN2C(=O)C=CC2=O)C(C)C)cc1)[C@@H]3OC. The summed E-state index contributed by atoms with van der Waals surface area (Å²) in [4.78, 5) is 104. The first kappa shape index (κ1) is 74.4. The van der Waals surface area contributed by atoms with E-state index in [1.165, 1.54) is 12.2 Å². The largest absolute Gasteiger partial charge is 0.445 e. The number of nitrogens with one attached hydrogen (secondary N) is 5. The van der Waals surface area contributed by atoms with Gasteiger partial charge in [0.05, 0.1) is 112 Å². The third kappa shape index (κ3) is 19.6. The van der Waals surface area contributed by atoms with E-state index in [-0.39, 0.29) is 152 Å². The number of Topliss-reactive ketones (excluding diaryl/α,β-unsaturated/α-hetero) is 1. The molecule has 9 aliphatic rings. The van der Waals surface area contributed by atoms with E-state index in [4.69, 9.17) is 57.8 Å². The van der Waals surface area contributed by atoms with Crippen molar-refractivity contribution in [3.8, 4) is 0 Å². The van der Waals surface area contributed by atoms with Crippen molar-refractivity contribution in [2.45, 2.75) is 246 Å². The highest BCUT2D eigenvalue weighted by Gasteiger charge is 2.60. The standard InChI is InChI=1S/C70H101N7O21/c1-38(2)62(76-59(81)20-24-89-26-27-90-25-23-77-60(82)17-18-61(77)83)67(85)75-50(8-7-22-72-68(71)86)66(84)74-43-11-9-42(10-12-43)37-91-69(87)73-36-45(79)32-56-63(88-6)49-31-44(78)30-47-14-16-53-65(94-47)58-34-57(95-53)64-51(80)35-70(97-58,98-64)21-19-48-29-40(4)52(92-48)15-13-46-28-39(3)41(5)54(93-46)33-55(49)96-56/h9-12,17-18,38-39,45-58,62-65,79-80H,4-5,7-8,13-16,19-37H2,1-3,6H3,(H,73,87)(H,74,84)(H,75,85)(H,76,81)(H3,71,72,86)/t39-,45+,46?,47?,48+,49+,50?,51-,52?,53+,54?,55+,56?,57-,58-,62+,63-,64+,65+,70-/m1/s1. The Kier molecular flexibility index (Phi) is 26.1. The maximum atomic E-state index is 14.5. The number of hydrogen-bond acceptors (Lipinski definition) is 21. The minimum Gasteiger partial charge on any atom is -0.445 e. The number of benzene rings is 1. The minimum absolute atomic E-state index is 0.0177. The smallest absolute Gasteiger partial charge is 0.407 e. The summed E-state index contributed by atoms with van der Waals surface area (Å²) in [5, 5.41) is 36.2. The van der Waals surface area contributed by atoms with E-state index >= 15 is 0 Å². The number of methoxy groups -OCH3 is 1. The topological polar surface area (TPSA) is 368 Å². The van der Waals surface area contributed by atoms with Gasteiger partial charge >= 0.3 is 12.1 Å². The van der Waals surface area contributed by atoms with Crippen molar-refractivity contribution in [3.05, 3.63) is 66.3 Å². The Labute approximate surface area is 572 Å². The van der Waals surface area contributed by atoms with Crippen LogP contribution < -0.4 is 32.3 Å². The molecule has 9 aliphatic heterocycles. The molecule has 1 aromatic rings. The fraction of sp³-hybridized carbons (Fsp3) is 0.714. The van der Waals surface area contributed by atoms with E-state index in [0.717, 1.165) is 41.7 Å². The van der Waals surface area contributed by atoms with Crippen LogP contribution in [0.4, 0.5) is 15.3 Å². The molecular weight excluding hydrogens is 1270 g/mol. The maximum absolute atomic E-state index is 14.5. The second-order valence-corrected chi connectivity index (χ2v) is 28.1. The van der Waals surface area contributed by atoms with Crippen LogP contribution in [0.15, 0.2) is 60.7 Å². The molecular formula is C70H101N7O21. The molecule has 0 radical (unpaired) electrons. The number of primary amides is 1. The van der Waals surface area contributed by atoms with Gasteiger partial charge in [-0.15, -0.1) is 0 Å². The lowest BCUT2D eigenvalue weighted by Gasteiger charge is -2.47. The molecule has 1 aromatic carbocycles. The number of urea groups is 1. The first-order chi connectivity index (χ1) is 47.0. The van der Waals surface area contributed by atoms with E-state index < -0.39 is 114 Å². The van der Waals surface area contributed by atoms with Crippen LogP contribution in [0.2, 0.25) is 0 Å². The summed E-state index contributed by atoms with van der Waals surface area (Å²) < 4.78 is 70.1. The number of aliphatic hydroxyl groups is 2. The second kappa shape index (κ2) is 34.4. The molecule has 98 heavy (non-hydrogen) atoms. The number of nitrogens with two attached hydrogens (primary N) is 1. The molecule has 9 N–H and O–H groups in total. The maximum Gasteiger partial charge on any atom is 0.407 e. The van der Waals surface area contributed by atoms with E-state index in [0.29, 0.717) is 56.2 Å². The molecule has 0 aromatic heterocycles. The Morgan fingerprint density at radius 3 is 2.24 bits per heavy atom. The molecule has 28 heteroatoms. The van der Waals surface area contributed by atoms with Crippen molar-refractivity contribution >= 4 is 53.1 Å². The summed E-state index contributed by atoms with van der Waals surface area (Å²) in [5.74, 6) is -4.19. The highest BCUT2D eigenvalue weighted by Crippen LogP contribution is 2.49. The van der Waals surface area contributed by atoms with Crippen LogP contribution in [0.5, 0.6) is 0 Å². The van der Waals surface area contributed by atoms with Crippen molar-refractivity contribution in [3.63, 3.8) is 0 Å². The van der Waals surface area contributed by atoms with E-state index in [1.54, 1.807) is 45.2 Å².